The fraction of sp³-hybridized carbons (Fsp3) is 0.417. The monoisotopic (exact) mass is 221 g/mol. The quantitative estimate of drug-likeness (QED) is 0.716. The van der Waals surface area contributed by atoms with E-state index in [4.69, 9.17) is 5.11 Å². The van der Waals surface area contributed by atoms with Crippen molar-refractivity contribution in [3.8, 4) is 5.75 Å². The molecule has 1 aliphatic heterocycles. The van der Waals surface area contributed by atoms with Gasteiger partial charge in [-0.25, -0.2) is 0 Å². The van der Waals surface area contributed by atoms with Gasteiger partial charge in [-0.2, -0.15) is 0 Å². The summed E-state index contributed by atoms with van der Waals surface area (Å²) in [7, 11) is 0. The lowest BCUT2D eigenvalue weighted by Gasteiger charge is -2.24. The molecule has 2 rings (SSSR count). The van der Waals surface area contributed by atoms with Crippen molar-refractivity contribution in [2.45, 2.75) is 24.8 Å². The van der Waals surface area contributed by atoms with Crippen LogP contribution < -0.4 is 5.32 Å². The third kappa shape index (κ3) is 2.02. The zero-order valence-electron chi connectivity index (χ0n) is 8.94. The third-order valence-corrected chi connectivity index (χ3v) is 3.10. The third-order valence-electron chi connectivity index (χ3n) is 3.10. The predicted octanol–water partition coefficient (Wildman–Crippen LogP) is 1.14. The summed E-state index contributed by atoms with van der Waals surface area (Å²) in [6.45, 7) is 0.754. The summed E-state index contributed by atoms with van der Waals surface area (Å²) in [5, 5.41) is 21.5. The Morgan fingerprint density at radius 3 is 2.56 bits per heavy atom. The molecule has 0 radical (unpaired) electrons. The zero-order valence-corrected chi connectivity index (χ0v) is 8.94. The van der Waals surface area contributed by atoms with Crippen LogP contribution in [-0.4, -0.2) is 28.3 Å². The number of nitrogens with one attached hydrogen (secondary N) is 1. The molecule has 1 heterocycles. The molecule has 1 aromatic rings. The molecular formula is C12H15NO3. The van der Waals surface area contributed by atoms with Crippen LogP contribution in [0.25, 0.3) is 0 Å². The van der Waals surface area contributed by atoms with Crippen LogP contribution in [0.3, 0.4) is 0 Å². The van der Waals surface area contributed by atoms with Crippen LogP contribution in [0.15, 0.2) is 24.3 Å². The maximum atomic E-state index is 11.3. The number of rotatable bonds is 3. The molecule has 1 fully saturated rings. The van der Waals surface area contributed by atoms with E-state index in [1.807, 2.05) is 0 Å². The second-order valence-electron chi connectivity index (χ2n) is 4.26. The van der Waals surface area contributed by atoms with E-state index < -0.39 is 11.5 Å². The summed E-state index contributed by atoms with van der Waals surface area (Å²) < 4.78 is 0. The molecule has 0 aliphatic carbocycles. The molecular weight excluding hydrogens is 206 g/mol. The highest BCUT2D eigenvalue weighted by atomic mass is 16.4. The average Bonchev–Trinajstić information content (AvgIpc) is 2.71. The fourth-order valence-corrected chi connectivity index (χ4v) is 2.18. The van der Waals surface area contributed by atoms with Crippen molar-refractivity contribution < 1.29 is 15.0 Å². The molecule has 1 aromatic carbocycles. The predicted molar refractivity (Wildman–Crippen MR) is 59.4 cm³/mol. The van der Waals surface area contributed by atoms with E-state index in [2.05, 4.69) is 5.32 Å². The molecule has 0 amide bonds. The van der Waals surface area contributed by atoms with E-state index in [0.29, 0.717) is 12.8 Å². The van der Waals surface area contributed by atoms with Crippen molar-refractivity contribution in [2.24, 2.45) is 0 Å². The molecule has 0 saturated carbocycles. The number of carbonyl (C=O) groups is 1. The van der Waals surface area contributed by atoms with Crippen LogP contribution in [0, 0.1) is 0 Å². The first-order valence-electron chi connectivity index (χ1n) is 5.39. The van der Waals surface area contributed by atoms with Crippen LogP contribution >= 0.6 is 0 Å². The lowest BCUT2D eigenvalue weighted by molar-refractivity contribution is -0.144. The smallest absolute Gasteiger partial charge is 0.324 e. The number of phenolic OH excluding ortho intramolecular Hbond substituents is 1. The largest absolute Gasteiger partial charge is 0.508 e. The molecule has 3 N–H and O–H groups in total. The van der Waals surface area contributed by atoms with Crippen molar-refractivity contribution in [2.75, 3.05) is 6.54 Å². The minimum atomic E-state index is -0.822. The van der Waals surface area contributed by atoms with Gasteiger partial charge in [0.15, 0.2) is 0 Å². The Morgan fingerprint density at radius 2 is 2.06 bits per heavy atom. The summed E-state index contributed by atoms with van der Waals surface area (Å²) in [5.74, 6) is -0.592. The number of phenols is 1. The highest BCUT2D eigenvalue weighted by molar-refractivity contribution is 5.79. The minimum absolute atomic E-state index is 0.201. The molecule has 1 aliphatic rings. The number of carboxylic acids is 1. The van der Waals surface area contributed by atoms with Gasteiger partial charge in [-0.15, -0.1) is 0 Å². The molecule has 0 bridgehead atoms. The number of hydrogen-bond donors (Lipinski definition) is 3. The highest BCUT2D eigenvalue weighted by Crippen LogP contribution is 2.25. The van der Waals surface area contributed by atoms with Gasteiger partial charge in [-0.3, -0.25) is 4.79 Å². The van der Waals surface area contributed by atoms with E-state index in [1.54, 1.807) is 24.3 Å². The first kappa shape index (κ1) is 11.0. The van der Waals surface area contributed by atoms with Crippen LogP contribution in [0.2, 0.25) is 0 Å². The molecule has 4 heteroatoms. The molecule has 0 spiro atoms. The fourth-order valence-electron chi connectivity index (χ4n) is 2.18. The SMILES string of the molecule is O=C(O)C1(Cc2ccc(O)cc2)CCCN1. The normalized spacial score (nSPS) is 24.5. The number of carboxylic acid groups (broad SMARTS) is 1. The highest BCUT2D eigenvalue weighted by Gasteiger charge is 2.40. The second kappa shape index (κ2) is 4.14. The molecule has 1 unspecified atom stereocenters. The molecule has 4 nitrogen and oxygen atoms in total. The Hall–Kier alpha value is -1.55. The Labute approximate surface area is 93.9 Å². The van der Waals surface area contributed by atoms with Crippen LogP contribution in [0.4, 0.5) is 0 Å². The Balaban J connectivity index is 2.18. The number of benzene rings is 1. The van der Waals surface area contributed by atoms with E-state index >= 15 is 0 Å². The molecule has 86 valence electrons. The Morgan fingerprint density at radius 1 is 1.38 bits per heavy atom. The van der Waals surface area contributed by atoms with E-state index in [-0.39, 0.29) is 5.75 Å². The van der Waals surface area contributed by atoms with Crippen LogP contribution in [0.5, 0.6) is 5.75 Å². The van der Waals surface area contributed by atoms with Crippen molar-refractivity contribution in [1.29, 1.82) is 0 Å². The molecule has 1 saturated heterocycles. The Kier molecular flexibility index (Phi) is 2.83. The van der Waals surface area contributed by atoms with Gasteiger partial charge in [0.05, 0.1) is 0 Å². The summed E-state index contributed by atoms with van der Waals surface area (Å²) in [4.78, 5) is 11.3. The van der Waals surface area contributed by atoms with E-state index in [9.17, 15) is 9.90 Å². The van der Waals surface area contributed by atoms with Crippen molar-refractivity contribution in [3.05, 3.63) is 29.8 Å². The van der Waals surface area contributed by atoms with Gasteiger partial charge in [-0.05, 0) is 37.1 Å². The van der Waals surface area contributed by atoms with Gasteiger partial charge < -0.3 is 15.5 Å². The Bertz CT molecular complexity index is 380. The maximum Gasteiger partial charge on any atom is 0.324 e. The van der Waals surface area contributed by atoms with Gasteiger partial charge in [0, 0.05) is 6.42 Å². The minimum Gasteiger partial charge on any atom is -0.508 e. The lowest BCUT2D eigenvalue weighted by Crippen LogP contribution is -2.49. The summed E-state index contributed by atoms with van der Waals surface area (Å²) in [5.41, 5.74) is 0.103. The van der Waals surface area contributed by atoms with Gasteiger partial charge in [0.2, 0.25) is 0 Å². The standard InChI is InChI=1S/C12H15NO3/c14-10-4-2-9(3-5-10)8-12(11(15)16)6-1-7-13-12/h2-5,13-14H,1,6-8H2,(H,15,16). The van der Waals surface area contributed by atoms with Crippen LogP contribution in [-0.2, 0) is 11.2 Å². The van der Waals surface area contributed by atoms with Gasteiger partial charge in [0.1, 0.15) is 11.3 Å². The van der Waals surface area contributed by atoms with Gasteiger partial charge in [-0.1, -0.05) is 12.1 Å². The van der Waals surface area contributed by atoms with Crippen molar-refractivity contribution in [1.82, 2.24) is 5.32 Å². The molecule has 1 atom stereocenters. The van der Waals surface area contributed by atoms with Crippen molar-refractivity contribution in [3.63, 3.8) is 0 Å². The summed E-state index contributed by atoms with van der Waals surface area (Å²) in [6.07, 6.45) is 2.01. The average molecular weight is 221 g/mol. The topological polar surface area (TPSA) is 69.6 Å². The number of aliphatic carboxylic acids is 1. The summed E-state index contributed by atoms with van der Waals surface area (Å²) >= 11 is 0. The van der Waals surface area contributed by atoms with Crippen LogP contribution in [0.1, 0.15) is 18.4 Å². The first-order chi connectivity index (χ1) is 7.62. The van der Waals surface area contributed by atoms with E-state index in [1.165, 1.54) is 0 Å². The number of aromatic hydroxyl groups is 1. The molecule has 0 aromatic heterocycles. The summed E-state index contributed by atoms with van der Waals surface area (Å²) in [6, 6.07) is 6.69. The van der Waals surface area contributed by atoms with Gasteiger partial charge in [0.25, 0.3) is 0 Å². The molecule has 16 heavy (non-hydrogen) atoms. The number of hydrogen-bond acceptors (Lipinski definition) is 3. The second-order valence-corrected chi connectivity index (χ2v) is 4.26. The first-order valence-corrected chi connectivity index (χ1v) is 5.39. The lowest BCUT2D eigenvalue weighted by atomic mass is 9.89. The van der Waals surface area contributed by atoms with Gasteiger partial charge >= 0.3 is 5.97 Å². The zero-order chi connectivity index (χ0) is 11.6. The van der Waals surface area contributed by atoms with Crippen molar-refractivity contribution >= 4 is 5.97 Å². The van der Waals surface area contributed by atoms with E-state index in [0.717, 1.165) is 18.5 Å². The maximum absolute atomic E-state index is 11.3.